The summed E-state index contributed by atoms with van der Waals surface area (Å²) in [5.74, 6) is -0.418. The van der Waals surface area contributed by atoms with E-state index >= 15 is 0 Å². The van der Waals surface area contributed by atoms with E-state index in [9.17, 15) is 9.59 Å². The maximum atomic E-state index is 12.8. The predicted molar refractivity (Wildman–Crippen MR) is 140 cm³/mol. The average Bonchev–Trinajstić information content (AvgIpc) is 3.27. The van der Waals surface area contributed by atoms with Gasteiger partial charge in [-0.1, -0.05) is 67.6 Å². The van der Waals surface area contributed by atoms with Gasteiger partial charge in [0.1, 0.15) is 17.3 Å². The molecule has 0 saturated carbocycles. The van der Waals surface area contributed by atoms with Gasteiger partial charge >= 0.3 is 6.09 Å². The van der Waals surface area contributed by atoms with Crippen LogP contribution >= 0.6 is 0 Å². The van der Waals surface area contributed by atoms with Crippen molar-refractivity contribution < 1.29 is 14.3 Å². The Morgan fingerprint density at radius 3 is 2.19 bits per heavy atom. The number of benzene rings is 3. The third-order valence-corrected chi connectivity index (χ3v) is 5.85. The molecule has 0 unspecified atom stereocenters. The van der Waals surface area contributed by atoms with Crippen molar-refractivity contribution in [3.8, 4) is 0 Å². The molecule has 0 aliphatic heterocycles. The van der Waals surface area contributed by atoms with E-state index in [1.807, 2.05) is 44.3 Å². The fourth-order valence-electron chi connectivity index (χ4n) is 4.19. The first-order valence-corrected chi connectivity index (χ1v) is 12.2. The van der Waals surface area contributed by atoms with Gasteiger partial charge in [0.25, 0.3) is 0 Å². The van der Waals surface area contributed by atoms with E-state index in [1.54, 1.807) is 25.5 Å². The van der Waals surface area contributed by atoms with Gasteiger partial charge in [-0.25, -0.2) is 9.48 Å². The Bertz CT molecular complexity index is 1330. The van der Waals surface area contributed by atoms with Crippen LogP contribution in [0.3, 0.4) is 0 Å². The Morgan fingerprint density at radius 1 is 1.00 bits per heavy atom. The van der Waals surface area contributed by atoms with Crippen LogP contribution in [0.5, 0.6) is 0 Å². The molecule has 2 N–H and O–H groups in total. The monoisotopic (exact) mass is 487 g/mol. The molecule has 0 fully saturated rings. The normalized spacial score (nSPS) is 12.6. The van der Waals surface area contributed by atoms with Crippen LogP contribution in [0.25, 0.3) is 21.5 Å². The largest absolute Gasteiger partial charge is 0.444 e. The number of amides is 2. The number of fused-ring (bicyclic) bond motifs is 2. The van der Waals surface area contributed by atoms with Crippen LogP contribution in [0, 0.1) is 5.92 Å². The summed E-state index contributed by atoms with van der Waals surface area (Å²) < 4.78 is 7.08. The third-order valence-electron chi connectivity index (χ3n) is 5.85. The van der Waals surface area contributed by atoms with Crippen molar-refractivity contribution in [2.45, 2.75) is 59.4 Å². The van der Waals surface area contributed by atoms with E-state index in [0.29, 0.717) is 12.2 Å². The molecule has 1 heterocycles. The van der Waals surface area contributed by atoms with Gasteiger partial charge in [0, 0.05) is 0 Å². The fraction of sp³-hybridized carbons (Fsp3) is 0.357. The molecule has 188 valence electrons. The molecule has 1 aromatic heterocycles. The number of alkyl carbamates (subject to hydrolysis) is 1. The number of nitrogens with one attached hydrogen (secondary N) is 2. The third kappa shape index (κ3) is 6.00. The number of hydrogen-bond donors (Lipinski definition) is 2. The quantitative estimate of drug-likeness (QED) is 0.365. The first-order chi connectivity index (χ1) is 17.1. The second-order valence-corrected chi connectivity index (χ2v) is 10.3. The highest BCUT2D eigenvalue weighted by Gasteiger charge is 2.27. The smallest absolute Gasteiger partial charge is 0.408 e. The van der Waals surface area contributed by atoms with Crippen molar-refractivity contribution in [1.82, 2.24) is 25.6 Å². The standard InChI is InChI=1S/C28H33N5O3/c1-18(2)25(30-27(35)36-28(3,4)5)26(34)29-15-21-16-33(32-31-21)17-24-22-12-8-6-10-19(22)14-20-11-7-9-13-23(20)24/h6-14,16,18,25H,15,17H2,1-5H3,(H,29,34)(H,30,35)/t25-/m0/s1. The molecule has 8 heteroatoms. The molecule has 8 nitrogen and oxygen atoms in total. The predicted octanol–water partition coefficient (Wildman–Crippen LogP) is 4.80. The van der Waals surface area contributed by atoms with Gasteiger partial charge in [0.2, 0.25) is 5.91 Å². The van der Waals surface area contributed by atoms with Gasteiger partial charge in [-0.15, -0.1) is 5.10 Å². The van der Waals surface area contributed by atoms with Crippen molar-refractivity contribution in [3.05, 3.63) is 72.1 Å². The molecule has 0 spiro atoms. The molecule has 0 saturated heterocycles. The highest BCUT2D eigenvalue weighted by atomic mass is 16.6. The Morgan fingerprint density at radius 2 is 1.61 bits per heavy atom. The number of rotatable bonds is 7. The number of ether oxygens (including phenoxy) is 1. The maximum Gasteiger partial charge on any atom is 0.408 e. The van der Waals surface area contributed by atoms with Gasteiger partial charge in [-0.05, 0) is 59.9 Å². The van der Waals surface area contributed by atoms with Crippen molar-refractivity contribution in [2.75, 3.05) is 0 Å². The van der Waals surface area contributed by atoms with Crippen molar-refractivity contribution in [1.29, 1.82) is 0 Å². The first kappa shape index (κ1) is 25.2. The number of aromatic nitrogens is 3. The molecule has 1 atom stereocenters. The summed E-state index contributed by atoms with van der Waals surface area (Å²) in [6, 6.07) is 18.1. The second kappa shape index (κ2) is 10.4. The molecule has 0 bridgehead atoms. The number of hydrogen-bond acceptors (Lipinski definition) is 5. The van der Waals surface area contributed by atoms with Crippen molar-refractivity contribution in [3.63, 3.8) is 0 Å². The molecule has 0 aliphatic rings. The van der Waals surface area contributed by atoms with Gasteiger partial charge in [0.05, 0.1) is 19.3 Å². The Hall–Kier alpha value is -3.94. The van der Waals surface area contributed by atoms with Crippen LogP contribution in [0.15, 0.2) is 60.8 Å². The van der Waals surface area contributed by atoms with E-state index in [1.165, 1.54) is 27.1 Å². The minimum atomic E-state index is -0.725. The number of carbonyl (C=O) groups is 2. The average molecular weight is 488 g/mol. The summed E-state index contributed by atoms with van der Waals surface area (Å²) in [7, 11) is 0. The van der Waals surface area contributed by atoms with Crippen molar-refractivity contribution in [2.24, 2.45) is 5.92 Å². The lowest BCUT2D eigenvalue weighted by Crippen LogP contribution is -2.50. The number of carbonyl (C=O) groups excluding carboxylic acids is 2. The Labute approximate surface area is 211 Å². The summed E-state index contributed by atoms with van der Waals surface area (Å²) in [6.07, 6.45) is 1.22. The topological polar surface area (TPSA) is 98.1 Å². The molecular formula is C28H33N5O3. The minimum Gasteiger partial charge on any atom is -0.444 e. The summed E-state index contributed by atoms with van der Waals surface area (Å²) >= 11 is 0. The van der Waals surface area contributed by atoms with Crippen LogP contribution < -0.4 is 10.6 Å². The fourth-order valence-corrected chi connectivity index (χ4v) is 4.19. The molecule has 2 amide bonds. The van der Waals surface area contributed by atoms with E-state index < -0.39 is 17.7 Å². The first-order valence-electron chi connectivity index (χ1n) is 12.2. The zero-order chi connectivity index (χ0) is 25.9. The van der Waals surface area contributed by atoms with Crippen LogP contribution in [-0.4, -0.2) is 38.6 Å². The maximum absolute atomic E-state index is 12.8. The Balaban J connectivity index is 1.46. The minimum absolute atomic E-state index is 0.118. The molecule has 0 aliphatic carbocycles. The summed E-state index contributed by atoms with van der Waals surface area (Å²) in [4.78, 5) is 25.0. The van der Waals surface area contributed by atoms with Crippen LogP contribution in [0.2, 0.25) is 0 Å². The summed E-state index contributed by atoms with van der Waals surface area (Å²) in [5.41, 5.74) is 1.16. The zero-order valence-corrected chi connectivity index (χ0v) is 21.4. The molecule has 4 rings (SSSR count). The van der Waals surface area contributed by atoms with Crippen LogP contribution in [-0.2, 0) is 22.6 Å². The molecule has 4 aromatic rings. The molecular weight excluding hydrogens is 454 g/mol. The Kier molecular flexibility index (Phi) is 7.24. The van der Waals surface area contributed by atoms with E-state index in [0.717, 1.165) is 0 Å². The molecule has 0 radical (unpaired) electrons. The SMILES string of the molecule is CC(C)[C@H](NC(=O)OC(C)(C)C)C(=O)NCc1cn(Cc2c3ccccc3cc3ccccc23)nn1. The van der Waals surface area contributed by atoms with Gasteiger partial charge in [-0.3, -0.25) is 4.79 Å². The van der Waals surface area contributed by atoms with Gasteiger partial charge < -0.3 is 15.4 Å². The van der Waals surface area contributed by atoms with E-state index in [-0.39, 0.29) is 18.4 Å². The summed E-state index contributed by atoms with van der Waals surface area (Å²) in [6.45, 7) is 9.83. The van der Waals surface area contributed by atoms with Crippen LogP contribution in [0.1, 0.15) is 45.9 Å². The lowest BCUT2D eigenvalue weighted by atomic mass is 9.97. The lowest BCUT2D eigenvalue weighted by Gasteiger charge is -2.25. The second-order valence-electron chi connectivity index (χ2n) is 10.3. The van der Waals surface area contributed by atoms with E-state index in [4.69, 9.17) is 4.74 Å². The van der Waals surface area contributed by atoms with Crippen LogP contribution in [0.4, 0.5) is 4.79 Å². The molecule has 36 heavy (non-hydrogen) atoms. The zero-order valence-electron chi connectivity index (χ0n) is 21.4. The van der Waals surface area contributed by atoms with Gasteiger partial charge in [-0.2, -0.15) is 0 Å². The molecule has 3 aromatic carbocycles. The highest BCUT2D eigenvalue weighted by Crippen LogP contribution is 2.29. The highest BCUT2D eigenvalue weighted by molar-refractivity contribution is 6.02. The van der Waals surface area contributed by atoms with Gasteiger partial charge in [0.15, 0.2) is 0 Å². The van der Waals surface area contributed by atoms with E-state index in [2.05, 4.69) is 51.3 Å². The number of nitrogens with zero attached hydrogens (tertiary/aromatic N) is 3. The summed E-state index contributed by atoms with van der Waals surface area (Å²) in [5, 5.41) is 18.8. The van der Waals surface area contributed by atoms with Crippen molar-refractivity contribution >= 4 is 33.5 Å². The lowest BCUT2D eigenvalue weighted by molar-refractivity contribution is -0.124.